The molecule has 8 nitrogen and oxygen atoms in total. The minimum absolute atomic E-state index is 0.0257. The first-order valence-electron chi connectivity index (χ1n) is 9.92. The molecule has 0 radical (unpaired) electrons. The highest BCUT2D eigenvalue weighted by Gasteiger charge is 2.62. The smallest absolute Gasteiger partial charge is 0.352 e. The van der Waals surface area contributed by atoms with Crippen LogP contribution >= 0.6 is 0 Å². The quantitative estimate of drug-likeness (QED) is 0.576. The molecule has 4 N–H and O–H groups in total. The van der Waals surface area contributed by atoms with Gasteiger partial charge in [0.15, 0.2) is 0 Å². The summed E-state index contributed by atoms with van der Waals surface area (Å²) in [5.74, 6) is -2.27. The van der Waals surface area contributed by atoms with Gasteiger partial charge in [0.1, 0.15) is 5.70 Å². The lowest BCUT2D eigenvalue weighted by Gasteiger charge is -2.47. The molecule has 8 heteroatoms. The maximum absolute atomic E-state index is 12.5. The predicted octanol–water partition coefficient (Wildman–Crippen LogP) is 1.85. The third-order valence-electron chi connectivity index (χ3n) is 6.24. The number of hydrogen-bond acceptors (Lipinski definition) is 4. The van der Waals surface area contributed by atoms with Crippen LogP contribution < -0.4 is 10.6 Å². The van der Waals surface area contributed by atoms with Gasteiger partial charge in [-0.3, -0.25) is 4.79 Å². The topological polar surface area (TPSA) is 119 Å². The molecular weight excluding hydrogens is 374 g/mol. The second-order valence-corrected chi connectivity index (χ2v) is 8.13. The number of carboxylic acid groups (broad SMARTS) is 1. The van der Waals surface area contributed by atoms with Gasteiger partial charge in [0, 0.05) is 11.6 Å². The first kappa shape index (κ1) is 19.4. The Morgan fingerprint density at radius 3 is 2.52 bits per heavy atom. The van der Waals surface area contributed by atoms with Crippen LogP contribution in [0.15, 0.2) is 35.5 Å². The van der Waals surface area contributed by atoms with Gasteiger partial charge in [-0.2, -0.15) is 0 Å². The standard InChI is InChI=1S/C21H25N3O5/c1-10-6-8-12(9-7-10)22-21(29)23-14-5-3-4-13-16(14)18(20(27)28)24-17(13)15(11(2)25)19(24)26/h6-9,11,13-15,17,25H,3-5H2,1-2H3,(H,27,28)(H2,22,23,29)/t11?,13-,14-,15+,17+/m0/s1. The van der Waals surface area contributed by atoms with Crippen molar-refractivity contribution < 1.29 is 24.6 Å². The van der Waals surface area contributed by atoms with E-state index in [9.17, 15) is 24.6 Å². The molecule has 0 spiro atoms. The summed E-state index contributed by atoms with van der Waals surface area (Å²) in [7, 11) is 0. The van der Waals surface area contributed by atoms with Crippen LogP contribution in [-0.2, 0) is 9.59 Å². The van der Waals surface area contributed by atoms with E-state index in [1.807, 2.05) is 19.1 Å². The van der Waals surface area contributed by atoms with Crippen LogP contribution in [0.25, 0.3) is 0 Å². The van der Waals surface area contributed by atoms with Gasteiger partial charge in [0.05, 0.1) is 24.1 Å². The maximum Gasteiger partial charge on any atom is 0.352 e. The number of hydrogen-bond donors (Lipinski definition) is 4. The lowest BCUT2D eigenvalue weighted by atomic mass is 9.71. The highest BCUT2D eigenvalue weighted by atomic mass is 16.4. The number of benzene rings is 1. The number of nitrogens with one attached hydrogen (secondary N) is 2. The van der Waals surface area contributed by atoms with Gasteiger partial charge in [0.2, 0.25) is 5.91 Å². The molecule has 4 rings (SSSR count). The molecule has 0 bridgehead atoms. The van der Waals surface area contributed by atoms with Crippen molar-refractivity contribution >= 4 is 23.6 Å². The van der Waals surface area contributed by atoms with E-state index in [4.69, 9.17) is 0 Å². The zero-order chi connectivity index (χ0) is 20.9. The summed E-state index contributed by atoms with van der Waals surface area (Å²) in [6.07, 6.45) is 1.32. The molecule has 1 saturated carbocycles. The van der Waals surface area contributed by atoms with Crippen LogP contribution in [0.4, 0.5) is 10.5 Å². The second-order valence-electron chi connectivity index (χ2n) is 8.13. The Balaban J connectivity index is 1.57. The summed E-state index contributed by atoms with van der Waals surface area (Å²) < 4.78 is 0. The first-order chi connectivity index (χ1) is 13.8. The number of fused-ring (bicyclic) bond motifs is 3. The van der Waals surface area contributed by atoms with Crippen molar-refractivity contribution in [1.82, 2.24) is 10.2 Å². The minimum Gasteiger partial charge on any atom is -0.477 e. The van der Waals surface area contributed by atoms with E-state index in [0.717, 1.165) is 18.4 Å². The van der Waals surface area contributed by atoms with Crippen molar-refractivity contribution in [2.45, 2.75) is 51.3 Å². The third kappa shape index (κ3) is 3.17. The highest BCUT2D eigenvalue weighted by molar-refractivity contribution is 6.00. The fourth-order valence-electron chi connectivity index (χ4n) is 5.00. The largest absolute Gasteiger partial charge is 0.477 e. The van der Waals surface area contributed by atoms with Crippen molar-refractivity contribution in [2.75, 3.05) is 5.32 Å². The fraction of sp³-hybridized carbons (Fsp3) is 0.476. The molecule has 3 amide bonds. The first-order valence-corrected chi connectivity index (χ1v) is 9.92. The molecule has 0 aromatic heterocycles. The van der Waals surface area contributed by atoms with Gasteiger partial charge in [-0.15, -0.1) is 0 Å². The number of β-lactam (4-membered cyclic amide) rings is 1. The monoisotopic (exact) mass is 399 g/mol. The number of aliphatic hydroxyl groups is 1. The van der Waals surface area contributed by atoms with Crippen LogP contribution in [0, 0.1) is 18.8 Å². The zero-order valence-corrected chi connectivity index (χ0v) is 16.4. The average Bonchev–Trinajstić information content (AvgIpc) is 2.95. The molecule has 1 aromatic rings. The van der Waals surface area contributed by atoms with Gasteiger partial charge in [0.25, 0.3) is 0 Å². The molecule has 3 aliphatic rings. The second kappa shape index (κ2) is 7.18. The van der Waals surface area contributed by atoms with E-state index < -0.39 is 30.1 Å². The minimum atomic E-state index is -1.17. The Hall–Kier alpha value is -2.87. The molecule has 5 atom stereocenters. The Morgan fingerprint density at radius 2 is 1.90 bits per heavy atom. The van der Waals surface area contributed by atoms with Gasteiger partial charge in [-0.25, -0.2) is 9.59 Å². The summed E-state index contributed by atoms with van der Waals surface area (Å²) in [6, 6.07) is 6.17. The summed E-state index contributed by atoms with van der Waals surface area (Å²) >= 11 is 0. The summed E-state index contributed by atoms with van der Waals surface area (Å²) in [6.45, 7) is 3.52. The Bertz CT molecular complexity index is 892. The number of carbonyl (C=O) groups is 3. The van der Waals surface area contributed by atoms with Crippen LogP contribution in [0.3, 0.4) is 0 Å². The number of aliphatic hydroxyl groups excluding tert-OH is 1. The molecule has 2 aliphatic heterocycles. The summed E-state index contributed by atoms with van der Waals surface area (Å²) in [5.41, 5.74) is 2.30. The number of rotatable bonds is 4. The van der Waals surface area contributed by atoms with Crippen LogP contribution in [0.2, 0.25) is 0 Å². The molecule has 2 fully saturated rings. The summed E-state index contributed by atoms with van der Waals surface area (Å²) in [4.78, 5) is 38.3. The van der Waals surface area contributed by atoms with Crippen molar-refractivity contribution in [2.24, 2.45) is 11.8 Å². The lowest BCUT2D eigenvalue weighted by Crippen LogP contribution is -2.64. The fourth-order valence-corrected chi connectivity index (χ4v) is 5.00. The number of carboxylic acids is 1. The Labute approximate surface area is 168 Å². The number of anilines is 1. The SMILES string of the molecule is Cc1ccc(NC(=O)N[C@H]2CCC[C@H]3C2=C(C(=O)O)N2C(=O)[C@H](C(C)O)[C@@H]32)cc1. The van der Waals surface area contributed by atoms with E-state index in [1.54, 1.807) is 19.1 Å². The number of aryl methyl sites for hydroxylation is 1. The molecule has 2 heterocycles. The number of nitrogens with zero attached hydrogens (tertiary/aromatic N) is 1. The van der Waals surface area contributed by atoms with Crippen LogP contribution in [-0.4, -0.2) is 51.2 Å². The number of urea groups is 1. The summed E-state index contributed by atoms with van der Waals surface area (Å²) in [5, 5.41) is 25.5. The van der Waals surface area contributed by atoms with Crippen molar-refractivity contribution in [1.29, 1.82) is 0 Å². The third-order valence-corrected chi connectivity index (χ3v) is 6.24. The molecule has 1 saturated heterocycles. The average molecular weight is 399 g/mol. The van der Waals surface area contributed by atoms with E-state index >= 15 is 0 Å². The number of amides is 3. The van der Waals surface area contributed by atoms with Gasteiger partial charge in [-0.1, -0.05) is 24.1 Å². The maximum atomic E-state index is 12.5. The van der Waals surface area contributed by atoms with Gasteiger partial charge in [-0.05, 0) is 44.4 Å². The molecular formula is C21H25N3O5. The zero-order valence-electron chi connectivity index (χ0n) is 16.4. The molecule has 1 unspecified atom stereocenters. The van der Waals surface area contributed by atoms with Crippen LogP contribution in [0.5, 0.6) is 0 Å². The predicted molar refractivity (Wildman–Crippen MR) is 105 cm³/mol. The molecule has 29 heavy (non-hydrogen) atoms. The van der Waals surface area contributed by atoms with Gasteiger partial charge >= 0.3 is 12.0 Å². The van der Waals surface area contributed by atoms with Gasteiger partial charge < -0.3 is 25.7 Å². The van der Waals surface area contributed by atoms with E-state index in [1.165, 1.54) is 4.90 Å². The van der Waals surface area contributed by atoms with E-state index in [-0.39, 0.29) is 23.6 Å². The van der Waals surface area contributed by atoms with E-state index in [2.05, 4.69) is 10.6 Å². The Kier molecular flexibility index (Phi) is 4.82. The van der Waals surface area contributed by atoms with Crippen molar-refractivity contribution in [3.05, 3.63) is 41.1 Å². The normalized spacial score (nSPS) is 28.9. The van der Waals surface area contributed by atoms with Crippen molar-refractivity contribution in [3.8, 4) is 0 Å². The Morgan fingerprint density at radius 1 is 1.21 bits per heavy atom. The van der Waals surface area contributed by atoms with Crippen molar-refractivity contribution in [3.63, 3.8) is 0 Å². The lowest BCUT2D eigenvalue weighted by molar-refractivity contribution is -0.163. The molecule has 1 aliphatic carbocycles. The van der Waals surface area contributed by atoms with E-state index in [0.29, 0.717) is 17.7 Å². The molecule has 1 aromatic carbocycles. The molecule has 154 valence electrons. The number of aliphatic carboxylic acids is 1. The highest BCUT2D eigenvalue weighted by Crippen LogP contribution is 2.52. The van der Waals surface area contributed by atoms with Crippen LogP contribution in [0.1, 0.15) is 31.7 Å². The number of carbonyl (C=O) groups excluding carboxylic acids is 2.